The van der Waals surface area contributed by atoms with Crippen molar-refractivity contribution in [2.45, 2.75) is 0 Å². The quantitative estimate of drug-likeness (QED) is 0.852. The lowest BCUT2D eigenvalue weighted by Crippen LogP contribution is -2.44. The van der Waals surface area contributed by atoms with Gasteiger partial charge in [-0.2, -0.15) is 0 Å². The van der Waals surface area contributed by atoms with E-state index in [4.69, 9.17) is 16.0 Å². The largest absolute Gasteiger partial charge is 0.444 e. The Kier molecular flexibility index (Phi) is 4.71. The van der Waals surface area contributed by atoms with Crippen LogP contribution in [0.15, 0.2) is 39.4 Å². The molecule has 1 aromatic carbocycles. The highest BCUT2D eigenvalue weighted by Gasteiger charge is 2.19. The summed E-state index contributed by atoms with van der Waals surface area (Å²) in [4.78, 5) is 14.4. The van der Waals surface area contributed by atoms with Gasteiger partial charge in [-0.25, -0.2) is 0 Å². The van der Waals surface area contributed by atoms with E-state index in [1.807, 2.05) is 18.2 Å². The number of halogens is 2. The summed E-state index contributed by atoms with van der Waals surface area (Å²) >= 11 is 9.54. The van der Waals surface area contributed by atoms with Gasteiger partial charge in [-0.3, -0.25) is 4.79 Å². The van der Waals surface area contributed by atoms with Crippen molar-refractivity contribution < 1.29 is 9.21 Å². The Balaban J connectivity index is 1.86. The van der Waals surface area contributed by atoms with E-state index < -0.39 is 0 Å². The fourth-order valence-electron chi connectivity index (χ4n) is 2.45. The van der Waals surface area contributed by atoms with Crippen LogP contribution in [-0.2, 0) is 0 Å². The van der Waals surface area contributed by atoms with Gasteiger partial charge in [0.05, 0.1) is 16.4 Å². The van der Waals surface area contributed by atoms with E-state index in [9.17, 15) is 4.79 Å². The molecule has 1 saturated heterocycles. The molecule has 7 heteroatoms. The van der Waals surface area contributed by atoms with Crippen molar-refractivity contribution in [2.24, 2.45) is 0 Å². The number of carbonyl (C=O) groups excluding carboxylic acids is 1. The summed E-state index contributed by atoms with van der Waals surface area (Å²) in [5.41, 5.74) is 1.54. The van der Waals surface area contributed by atoms with Crippen LogP contribution in [0.5, 0.6) is 0 Å². The number of hydrogen-bond acceptors (Lipinski definition) is 4. The van der Waals surface area contributed by atoms with Crippen molar-refractivity contribution >= 4 is 44.8 Å². The first-order valence-corrected chi connectivity index (χ1v) is 8.13. The average Bonchev–Trinajstić information content (AvgIpc) is 2.95. The van der Waals surface area contributed by atoms with Crippen LogP contribution in [0.3, 0.4) is 0 Å². The Morgan fingerprint density at radius 1 is 1.27 bits per heavy atom. The third kappa shape index (κ3) is 3.29. The zero-order valence-corrected chi connectivity index (χ0v) is 14.1. The number of amides is 1. The van der Waals surface area contributed by atoms with E-state index in [2.05, 4.69) is 31.5 Å². The predicted molar refractivity (Wildman–Crippen MR) is 90.9 cm³/mol. The van der Waals surface area contributed by atoms with Crippen LogP contribution in [0.4, 0.5) is 11.4 Å². The van der Waals surface area contributed by atoms with E-state index in [0.29, 0.717) is 15.4 Å². The van der Waals surface area contributed by atoms with Gasteiger partial charge in [0, 0.05) is 26.2 Å². The van der Waals surface area contributed by atoms with Gasteiger partial charge < -0.3 is 20.0 Å². The third-order valence-electron chi connectivity index (χ3n) is 3.47. The molecule has 2 aromatic rings. The number of nitrogens with zero attached hydrogens (tertiary/aromatic N) is 1. The number of furan rings is 1. The molecule has 1 aliphatic rings. The van der Waals surface area contributed by atoms with Crippen LogP contribution in [0.25, 0.3) is 0 Å². The molecule has 0 radical (unpaired) electrons. The molecule has 1 amide bonds. The van der Waals surface area contributed by atoms with Crippen LogP contribution < -0.4 is 15.5 Å². The van der Waals surface area contributed by atoms with Gasteiger partial charge >= 0.3 is 0 Å². The molecular formula is C15H15BrClN3O2. The Morgan fingerprint density at radius 3 is 2.73 bits per heavy atom. The van der Waals surface area contributed by atoms with Crippen LogP contribution in [0, 0.1) is 0 Å². The Labute approximate surface area is 141 Å². The maximum absolute atomic E-state index is 12.3. The van der Waals surface area contributed by atoms with Gasteiger partial charge in [-0.05, 0) is 40.2 Å². The van der Waals surface area contributed by atoms with Crippen molar-refractivity contribution in [3.05, 3.63) is 45.8 Å². The van der Waals surface area contributed by atoms with Crippen molar-refractivity contribution in [3.63, 3.8) is 0 Å². The number of anilines is 2. The third-order valence-corrected chi connectivity index (χ3v) is 4.20. The molecule has 2 heterocycles. The summed E-state index contributed by atoms with van der Waals surface area (Å²) in [6.07, 6.45) is 0. The van der Waals surface area contributed by atoms with Crippen molar-refractivity contribution in [1.29, 1.82) is 0 Å². The maximum Gasteiger partial charge on any atom is 0.291 e. The lowest BCUT2D eigenvalue weighted by atomic mass is 10.2. The second-order valence-electron chi connectivity index (χ2n) is 4.93. The van der Waals surface area contributed by atoms with Gasteiger partial charge in [-0.15, -0.1) is 0 Å². The number of rotatable bonds is 3. The highest BCUT2D eigenvalue weighted by Crippen LogP contribution is 2.34. The molecule has 5 nitrogen and oxygen atoms in total. The molecule has 1 aromatic heterocycles. The minimum absolute atomic E-state index is 0.248. The number of carbonyl (C=O) groups is 1. The number of para-hydroxylation sites is 1. The minimum atomic E-state index is -0.302. The van der Waals surface area contributed by atoms with Crippen molar-refractivity contribution in [3.8, 4) is 0 Å². The van der Waals surface area contributed by atoms with E-state index in [1.165, 1.54) is 0 Å². The molecule has 3 rings (SSSR count). The summed E-state index contributed by atoms with van der Waals surface area (Å²) in [6.45, 7) is 3.48. The molecule has 0 unspecified atom stereocenters. The van der Waals surface area contributed by atoms with Gasteiger partial charge in [0.15, 0.2) is 10.4 Å². The standard InChI is InChI=1S/C15H15BrClN3O2/c16-13-5-4-12(22-13)15(21)19-11-3-1-2-10(17)14(11)20-8-6-18-7-9-20/h1-5,18H,6-9H2,(H,19,21). The van der Waals surface area contributed by atoms with Gasteiger partial charge in [0.25, 0.3) is 5.91 Å². The summed E-state index contributed by atoms with van der Waals surface area (Å²) in [6, 6.07) is 8.80. The van der Waals surface area contributed by atoms with Gasteiger partial charge in [0.1, 0.15) is 0 Å². The first-order chi connectivity index (χ1) is 10.6. The fourth-order valence-corrected chi connectivity index (χ4v) is 3.05. The Hall–Kier alpha value is -1.50. The highest BCUT2D eigenvalue weighted by molar-refractivity contribution is 9.10. The molecule has 2 N–H and O–H groups in total. The Morgan fingerprint density at radius 2 is 2.05 bits per heavy atom. The highest BCUT2D eigenvalue weighted by atomic mass is 79.9. The number of nitrogens with one attached hydrogen (secondary N) is 2. The average molecular weight is 385 g/mol. The lowest BCUT2D eigenvalue weighted by Gasteiger charge is -2.31. The van der Waals surface area contributed by atoms with Crippen molar-refractivity contribution in [1.82, 2.24) is 5.32 Å². The molecule has 1 aliphatic heterocycles. The first-order valence-electron chi connectivity index (χ1n) is 6.96. The molecule has 1 fully saturated rings. The second kappa shape index (κ2) is 6.73. The number of piperazine rings is 1. The monoisotopic (exact) mass is 383 g/mol. The van der Waals surface area contributed by atoms with E-state index in [0.717, 1.165) is 31.9 Å². The van der Waals surface area contributed by atoms with Crippen LogP contribution in [0.1, 0.15) is 10.6 Å². The van der Waals surface area contributed by atoms with E-state index >= 15 is 0 Å². The van der Waals surface area contributed by atoms with Crippen LogP contribution in [-0.4, -0.2) is 32.1 Å². The summed E-state index contributed by atoms with van der Waals surface area (Å²) < 4.78 is 5.80. The van der Waals surface area contributed by atoms with Gasteiger partial charge in [0.2, 0.25) is 0 Å². The number of hydrogen-bond donors (Lipinski definition) is 2. The molecule has 0 spiro atoms. The molecule has 22 heavy (non-hydrogen) atoms. The zero-order valence-electron chi connectivity index (χ0n) is 11.7. The number of benzene rings is 1. The first kappa shape index (κ1) is 15.4. The summed E-state index contributed by atoms with van der Waals surface area (Å²) in [5, 5.41) is 6.80. The molecule has 116 valence electrons. The fraction of sp³-hybridized carbons (Fsp3) is 0.267. The molecule has 0 saturated carbocycles. The molecule has 0 atom stereocenters. The zero-order chi connectivity index (χ0) is 15.5. The van der Waals surface area contributed by atoms with E-state index in [1.54, 1.807) is 12.1 Å². The minimum Gasteiger partial charge on any atom is -0.444 e. The van der Waals surface area contributed by atoms with Crippen molar-refractivity contribution in [2.75, 3.05) is 36.4 Å². The SMILES string of the molecule is O=C(Nc1cccc(Cl)c1N1CCNCC1)c1ccc(Br)o1. The summed E-state index contributed by atoms with van der Waals surface area (Å²) in [7, 11) is 0. The van der Waals surface area contributed by atoms with Crippen LogP contribution in [0.2, 0.25) is 5.02 Å². The van der Waals surface area contributed by atoms with Crippen LogP contribution >= 0.6 is 27.5 Å². The molecular weight excluding hydrogens is 370 g/mol. The maximum atomic E-state index is 12.3. The smallest absolute Gasteiger partial charge is 0.291 e. The lowest BCUT2D eigenvalue weighted by molar-refractivity contribution is 0.0995. The molecule has 0 aliphatic carbocycles. The summed E-state index contributed by atoms with van der Waals surface area (Å²) in [5.74, 6) is -0.0533. The normalized spacial score (nSPS) is 14.9. The van der Waals surface area contributed by atoms with E-state index in [-0.39, 0.29) is 11.7 Å². The Bertz CT molecular complexity index is 683. The van der Waals surface area contributed by atoms with Gasteiger partial charge in [-0.1, -0.05) is 17.7 Å². The topological polar surface area (TPSA) is 57.5 Å². The second-order valence-corrected chi connectivity index (χ2v) is 6.12. The molecule has 0 bridgehead atoms. The predicted octanol–water partition coefficient (Wildman–Crippen LogP) is 3.36.